The third-order valence-corrected chi connectivity index (χ3v) is 3.19. The number of aromatic nitrogens is 2. The van der Waals surface area contributed by atoms with Gasteiger partial charge in [0.2, 0.25) is 0 Å². The summed E-state index contributed by atoms with van der Waals surface area (Å²) < 4.78 is 0. The average molecular weight is 237 g/mol. The number of nitrogens with one attached hydrogen (secondary N) is 1. The normalized spacial score (nSPS) is 12.8. The zero-order valence-electron chi connectivity index (χ0n) is 10.2. The van der Waals surface area contributed by atoms with Crippen molar-refractivity contribution in [1.82, 2.24) is 9.97 Å². The van der Waals surface area contributed by atoms with Crippen molar-refractivity contribution in [3.8, 4) is 0 Å². The minimum atomic E-state index is -0.203. The minimum absolute atomic E-state index is 0.203. The quantitative estimate of drug-likeness (QED) is 0.720. The molecule has 18 heavy (non-hydrogen) atoms. The Balaban J connectivity index is 2.06. The van der Waals surface area contributed by atoms with E-state index in [9.17, 15) is 0 Å². The number of hydrogen-bond donors (Lipinski definition) is 2. The number of hydrogen-bond acceptors (Lipinski definition) is 2. The van der Waals surface area contributed by atoms with E-state index in [0.717, 1.165) is 11.4 Å². The van der Waals surface area contributed by atoms with E-state index in [0.29, 0.717) is 0 Å². The van der Waals surface area contributed by atoms with E-state index in [1.54, 1.807) is 12.4 Å². The van der Waals surface area contributed by atoms with Crippen LogP contribution in [0.1, 0.15) is 23.0 Å². The molecular formula is C15H15N3. The molecule has 3 aromatic rings. The van der Waals surface area contributed by atoms with Gasteiger partial charge in [-0.1, -0.05) is 35.9 Å². The van der Waals surface area contributed by atoms with Crippen LogP contribution in [0, 0.1) is 6.92 Å². The summed E-state index contributed by atoms with van der Waals surface area (Å²) in [5.41, 5.74) is 8.53. The third kappa shape index (κ3) is 1.89. The molecule has 0 aliphatic heterocycles. The molecular weight excluding hydrogens is 222 g/mol. The van der Waals surface area contributed by atoms with E-state index < -0.39 is 0 Å². The maximum Gasteiger partial charge on any atom is 0.127 e. The SMILES string of the molecule is Cc1ccc2cc(C(N)c3ncc[nH]3)ccc2c1. The van der Waals surface area contributed by atoms with Crippen LogP contribution in [0.3, 0.4) is 0 Å². The van der Waals surface area contributed by atoms with Crippen LogP contribution in [-0.2, 0) is 0 Å². The Morgan fingerprint density at radius 3 is 2.67 bits per heavy atom. The summed E-state index contributed by atoms with van der Waals surface area (Å²) in [6, 6.07) is 12.5. The van der Waals surface area contributed by atoms with Crippen LogP contribution in [0.25, 0.3) is 10.8 Å². The lowest BCUT2D eigenvalue weighted by Crippen LogP contribution is -2.13. The molecule has 0 saturated heterocycles. The fourth-order valence-corrected chi connectivity index (χ4v) is 2.18. The van der Waals surface area contributed by atoms with E-state index in [-0.39, 0.29) is 6.04 Å². The molecule has 3 rings (SSSR count). The van der Waals surface area contributed by atoms with E-state index in [2.05, 4.69) is 53.3 Å². The Bertz CT molecular complexity index is 671. The number of nitrogens with two attached hydrogens (primary N) is 1. The summed E-state index contributed by atoms with van der Waals surface area (Å²) >= 11 is 0. The lowest BCUT2D eigenvalue weighted by molar-refractivity contribution is 0.802. The fraction of sp³-hybridized carbons (Fsp3) is 0.133. The van der Waals surface area contributed by atoms with Crippen LogP contribution >= 0.6 is 0 Å². The van der Waals surface area contributed by atoms with Gasteiger partial charge < -0.3 is 10.7 Å². The Morgan fingerprint density at radius 2 is 1.89 bits per heavy atom. The summed E-state index contributed by atoms with van der Waals surface area (Å²) in [4.78, 5) is 7.26. The molecule has 2 aromatic carbocycles. The molecule has 0 saturated carbocycles. The lowest BCUT2D eigenvalue weighted by Gasteiger charge is -2.10. The second kappa shape index (κ2) is 4.27. The van der Waals surface area contributed by atoms with E-state index in [1.807, 2.05) is 0 Å². The van der Waals surface area contributed by atoms with Gasteiger partial charge in [0.1, 0.15) is 5.82 Å². The van der Waals surface area contributed by atoms with Crippen molar-refractivity contribution in [1.29, 1.82) is 0 Å². The molecule has 0 radical (unpaired) electrons. The van der Waals surface area contributed by atoms with Gasteiger partial charge in [-0.05, 0) is 29.3 Å². The van der Waals surface area contributed by atoms with Gasteiger partial charge in [-0.3, -0.25) is 0 Å². The molecule has 3 nitrogen and oxygen atoms in total. The van der Waals surface area contributed by atoms with Crippen LogP contribution in [0.2, 0.25) is 0 Å². The van der Waals surface area contributed by atoms with Gasteiger partial charge in [0, 0.05) is 12.4 Å². The highest BCUT2D eigenvalue weighted by molar-refractivity contribution is 5.84. The molecule has 0 aliphatic rings. The first-order chi connectivity index (χ1) is 8.74. The topological polar surface area (TPSA) is 54.7 Å². The summed E-state index contributed by atoms with van der Waals surface area (Å²) in [7, 11) is 0. The molecule has 3 heteroatoms. The van der Waals surface area contributed by atoms with Crippen molar-refractivity contribution in [2.24, 2.45) is 5.73 Å². The highest BCUT2D eigenvalue weighted by Crippen LogP contribution is 2.22. The van der Waals surface area contributed by atoms with Crippen molar-refractivity contribution in [2.45, 2.75) is 13.0 Å². The zero-order chi connectivity index (χ0) is 12.5. The first-order valence-corrected chi connectivity index (χ1v) is 5.99. The second-order valence-electron chi connectivity index (χ2n) is 4.56. The highest BCUT2D eigenvalue weighted by Gasteiger charge is 2.11. The van der Waals surface area contributed by atoms with Gasteiger partial charge in [0.15, 0.2) is 0 Å². The van der Waals surface area contributed by atoms with Crippen molar-refractivity contribution < 1.29 is 0 Å². The van der Waals surface area contributed by atoms with Crippen molar-refractivity contribution >= 4 is 10.8 Å². The van der Waals surface area contributed by atoms with E-state index in [4.69, 9.17) is 5.73 Å². The minimum Gasteiger partial charge on any atom is -0.347 e. The number of aromatic amines is 1. The van der Waals surface area contributed by atoms with Crippen LogP contribution in [0.4, 0.5) is 0 Å². The van der Waals surface area contributed by atoms with Gasteiger partial charge in [-0.2, -0.15) is 0 Å². The maximum absolute atomic E-state index is 6.19. The molecule has 0 bridgehead atoms. The van der Waals surface area contributed by atoms with Gasteiger partial charge in [-0.15, -0.1) is 0 Å². The summed E-state index contributed by atoms with van der Waals surface area (Å²) in [6.45, 7) is 2.10. The zero-order valence-corrected chi connectivity index (χ0v) is 10.2. The van der Waals surface area contributed by atoms with Gasteiger partial charge in [0.05, 0.1) is 6.04 Å². The standard InChI is InChI=1S/C15H15N3/c1-10-2-3-12-9-13(5-4-11(12)8-10)14(16)15-17-6-7-18-15/h2-9,14H,16H2,1H3,(H,17,18). The molecule has 1 atom stereocenters. The Labute approximate surface area is 106 Å². The number of fused-ring (bicyclic) bond motifs is 1. The molecule has 90 valence electrons. The molecule has 3 N–H and O–H groups in total. The Hall–Kier alpha value is -2.13. The molecule has 0 amide bonds. The molecule has 0 spiro atoms. The van der Waals surface area contributed by atoms with E-state index >= 15 is 0 Å². The average Bonchev–Trinajstić information content (AvgIpc) is 2.91. The third-order valence-electron chi connectivity index (χ3n) is 3.19. The van der Waals surface area contributed by atoms with Gasteiger partial charge in [0.25, 0.3) is 0 Å². The molecule has 1 aromatic heterocycles. The lowest BCUT2D eigenvalue weighted by atomic mass is 10.0. The number of rotatable bonds is 2. The smallest absolute Gasteiger partial charge is 0.127 e. The predicted molar refractivity (Wildman–Crippen MR) is 73.3 cm³/mol. The molecule has 0 aliphatic carbocycles. The number of H-pyrrole nitrogens is 1. The van der Waals surface area contributed by atoms with Gasteiger partial charge in [-0.25, -0.2) is 4.98 Å². The first kappa shape index (κ1) is 11.0. The molecule has 1 unspecified atom stereocenters. The monoisotopic (exact) mass is 237 g/mol. The number of benzene rings is 2. The number of nitrogens with zero attached hydrogens (tertiary/aromatic N) is 1. The van der Waals surface area contributed by atoms with Crippen LogP contribution in [-0.4, -0.2) is 9.97 Å². The van der Waals surface area contributed by atoms with Gasteiger partial charge >= 0.3 is 0 Å². The molecule has 0 fully saturated rings. The summed E-state index contributed by atoms with van der Waals surface area (Å²) in [6.07, 6.45) is 3.51. The highest BCUT2D eigenvalue weighted by atomic mass is 14.9. The van der Waals surface area contributed by atoms with Crippen LogP contribution < -0.4 is 5.73 Å². The predicted octanol–water partition coefficient (Wildman–Crippen LogP) is 2.92. The van der Waals surface area contributed by atoms with Crippen molar-refractivity contribution in [3.63, 3.8) is 0 Å². The second-order valence-corrected chi connectivity index (χ2v) is 4.56. The largest absolute Gasteiger partial charge is 0.347 e. The van der Waals surface area contributed by atoms with Crippen molar-refractivity contribution in [3.05, 3.63) is 65.7 Å². The summed E-state index contributed by atoms with van der Waals surface area (Å²) in [5, 5.41) is 2.45. The number of imidazole rings is 1. The maximum atomic E-state index is 6.19. The molecule has 1 heterocycles. The van der Waals surface area contributed by atoms with Crippen molar-refractivity contribution in [2.75, 3.05) is 0 Å². The van der Waals surface area contributed by atoms with E-state index in [1.165, 1.54) is 16.3 Å². The number of aryl methyl sites for hydroxylation is 1. The fourth-order valence-electron chi connectivity index (χ4n) is 2.18. The Kier molecular flexibility index (Phi) is 2.61. The van der Waals surface area contributed by atoms with Crippen LogP contribution in [0.15, 0.2) is 48.8 Å². The summed E-state index contributed by atoms with van der Waals surface area (Å²) in [5.74, 6) is 0.793. The van der Waals surface area contributed by atoms with Crippen LogP contribution in [0.5, 0.6) is 0 Å². The first-order valence-electron chi connectivity index (χ1n) is 5.99. The Morgan fingerprint density at radius 1 is 1.11 bits per heavy atom.